The molecule has 2 amide bonds. The Labute approximate surface area is 111 Å². The fourth-order valence-electron chi connectivity index (χ4n) is 2.28. The molecule has 102 valence electrons. The number of hydrogen-bond donors (Lipinski definition) is 1. The van der Waals surface area contributed by atoms with Crippen molar-refractivity contribution in [2.75, 3.05) is 4.90 Å². The molecule has 2 rings (SSSR count). The SMILES string of the molecule is Cc1cccc(F)c1N1C(=O)C(C)(C)NC(=O)C1C. The van der Waals surface area contributed by atoms with E-state index >= 15 is 0 Å². The molecule has 1 aromatic rings. The number of rotatable bonds is 1. The summed E-state index contributed by atoms with van der Waals surface area (Å²) in [5.41, 5.74) is -0.216. The van der Waals surface area contributed by atoms with Crippen molar-refractivity contribution >= 4 is 17.5 Å². The highest BCUT2D eigenvalue weighted by Crippen LogP contribution is 2.30. The smallest absolute Gasteiger partial charge is 0.252 e. The number of halogens is 1. The molecule has 4 nitrogen and oxygen atoms in total. The molecule has 0 aromatic heterocycles. The van der Waals surface area contributed by atoms with Crippen LogP contribution in [0.3, 0.4) is 0 Å². The van der Waals surface area contributed by atoms with E-state index in [1.165, 1.54) is 11.0 Å². The fraction of sp³-hybridized carbons (Fsp3) is 0.429. The summed E-state index contributed by atoms with van der Waals surface area (Å²) in [6.45, 7) is 6.54. The van der Waals surface area contributed by atoms with Crippen molar-refractivity contribution in [2.45, 2.75) is 39.3 Å². The summed E-state index contributed by atoms with van der Waals surface area (Å²) < 4.78 is 14.0. The van der Waals surface area contributed by atoms with E-state index < -0.39 is 17.4 Å². The Kier molecular flexibility index (Phi) is 3.08. The zero-order valence-electron chi connectivity index (χ0n) is 11.5. The maximum atomic E-state index is 14.0. The van der Waals surface area contributed by atoms with Crippen LogP contribution in [0.15, 0.2) is 18.2 Å². The number of amides is 2. The van der Waals surface area contributed by atoms with Crippen LogP contribution < -0.4 is 10.2 Å². The van der Waals surface area contributed by atoms with Crippen molar-refractivity contribution in [2.24, 2.45) is 0 Å². The average molecular weight is 264 g/mol. The summed E-state index contributed by atoms with van der Waals surface area (Å²) in [4.78, 5) is 25.6. The molecule has 5 heteroatoms. The highest BCUT2D eigenvalue weighted by Gasteiger charge is 2.45. The molecule has 1 unspecified atom stereocenters. The van der Waals surface area contributed by atoms with E-state index in [0.717, 1.165) is 0 Å². The van der Waals surface area contributed by atoms with Crippen LogP contribution in [0.4, 0.5) is 10.1 Å². The van der Waals surface area contributed by atoms with Crippen LogP contribution in [0.1, 0.15) is 26.3 Å². The topological polar surface area (TPSA) is 49.4 Å². The van der Waals surface area contributed by atoms with Crippen molar-refractivity contribution < 1.29 is 14.0 Å². The molecule has 0 spiro atoms. The van der Waals surface area contributed by atoms with Crippen LogP contribution in [0.5, 0.6) is 0 Å². The van der Waals surface area contributed by atoms with Crippen LogP contribution >= 0.6 is 0 Å². The van der Waals surface area contributed by atoms with Crippen molar-refractivity contribution in [1.29, 1.82) is 0 Å². The monoisotopic (exact) mass is 264 g/mol. The zero-order valence-corrected chi connectivity index (χ0v) is 11.5. The molecule has 1 atom stereocenters. The normalized spacial score (nSPS) is 22.4. The summed E-state index contributed by atoms with van der Waals surface area (Å²) in [6.07, 6.45) is 0. The minimum Gasteiger partial charge on any atom is -0.340 e. The van der Waals surface area contributed by atoms with Gasteiger partial charge in [-0.3, -0.25) is 14.5 Å². The molecule has 0 saturated carbocycles. The predicted molar refractivity (Wildman–Crippen MR) is 70.3 cm³/mol. The lowest BCUT2D eigenvalue weighted by Gasteiger charge is -2.42. The van der Waals surface area contributed by atoms with E-state index in [1.807, 2.05) is 0 Å². The quantitative estimate of drug-likeness (QED) is 0.840. The molecular weight excluding hydrogens is 247 g/mol. The van der Waals surface area contributed by atoms with Gasteiger partial charge in [0, 0.05) is 0 Å². The van der Waals surface area contributed by atoms with Crippen LogP contribution in [0, 0.1) is 12.7 Å². The third-order valence-electron chi connectivity index (χ3n) is 3.39. The molecule has 1 aliphatic rings. The Morgan fingerprint density at radius 3 is 2.53 bits per heavy atom. The van der Waals surface area contributed by atoms with Gasteiger partial charge < -0.3 is 5.32 Å². The summed E-state index contributed by atoms with van der Waals surface area (Å²) in [5.74, 6) is -1.09. The standard InChI is InChI=1S/C14H17FN2O2/c1-8-6-5-7-10(15)11(8)17-9(2)12(18)16-14(3,4)13(17)19/h5-7,9H,1-4H3,(H,16,18). The van der Waals surface area contributed by atoms with E-state index in [1.54, 1.807) is 39.8 Å². The predicted octanol–water partition coefficient (Wildman–Crippen LogP) is 1.76. The van der Waals surface area contributed by atoms with Gasteiger partial charge in [-0.15, -0.1) is 0 Å². The van der Waals surface area contributed by atoms with Gasteiger partial charge in [-0.05, 0) is 39.3 Å². The number of nitrogens with zero attached hydrogens (tertiary/aromatic N) is 1. The molecule has 1 aliphatic heterocycles. The van der Waals surface area contributed by atoms with E-state index in [2.05, 4.69) is 5.32 Å². The Morgan fingerprint density at radius 2 is 1.95 bits per heavy atom. The third kappa shape index (κ3) is 2.09. The number of benzene rings is 1. The van der Waals surface area contributed by atoms with Gasteiger partial charge in [0.15, 0.2) is 0 Å². The second-order valence-corrected chi connectivity index (χ2v) is 5.37. The number of carbonyl (C=O) groups is 2. The van der Waals surface area contributed by atoms with Crippen LogP contribution in [-0.4, -0.2) is 23.4 Å². The number of para-hydroxylation sites is 1. The van der Waals surface area contributed by atoms with Crippen molar-refractivity contribution in [3.63, 3.8) is 0 Å². The maximum absolute atomic E-state index is 14.0. The van der Waals surface area contributed by atoms with Gasteiger partial charge in [0.2, 0.25) is 5.91 Å². The molecule has 1 N–H and O–H groups in total. The summed E-state index contributed by atoms with van der Waals surface area (Å²) >= 11 is 0. The van der Waals surface area contributed by atoms with E-state index in [-0.39, 0.29) is 17.5 Å². The Balaban J connectivity index is 2.58. The van der Waals surface area contributed by atoms with Crippen molar-refractivity contribution in [3.05, 3.63) is 29.6 Å². The van der Waals surface area contributed by atoms with Crippen molar-refractivity contribution in [1.82, 2.24) is 5.32 Å². The number of piperazine rings is 1. The van der Waals surface area contributed by atoms with Crippen LogP contribution in [0.2, 0.25) is 0 Å². The number of carbonyl (C=O) groups excluding carboxylic acids is 2. The minimum absolute atomic E-state index is 0.183. The zero-order chi connectivity index (χ0) is 14.4. The first-order valence-corrected chi connectivity index (χ1v) is 6.16. The average Bonchev–Trinajstić information content (AvgIpc) is 2.30. The Morgan fingerprint density at radius 1 is 1.32 bits per heavy atom. The number of anilines is 1. The molecule has 1 heterocycles. The molecule has 19 heavy (non-hydrogen) atoms. The molecule has 1 saturated heterocycles. The Bertz CT molecular complexity index is 534. The van der Waals surface area contributed by atoms with E-state index in [0.29, 0.717) is 5.56 Å². The Hall–Kier alpha value is -1.91. The van der Waals surface area contributed by atoms with E-state index in [9.17, 15) is 14.0 Å². The molecule has 1 fully saturated rings. The number of nitrogens with one attached hydrogen (secondary N) is 1. The van der Waals surface area contributed by atoms with E-state index in [4.69, 9.17) is 0 Å². The first-order chi connectivity index (χ1) is 8.75. The van der Waals surface area contributed by atoms with Crippen molar-refractivity contribution in [3.8, 4) is 0 Å². The molecular formula is C14H17FN2O2. The second kappa shape index (κ2) is 4.33. The van der Waals surface area contributed by atoms with Gasteiger partial charge in [-0.2, -0.15) is 0 Å². The molecule has 0 radical (unpaired) electrons. The van der Waals surface area contributed by atoms with Gasteiger partial charge in [-0.1, -0.05) is 12.1 Å². The highest BCUT2D eigenvalue weighted by molar-refractivity contribution is 6.10. The largest absolute Gasteiger partial charge is 0.340 e. The van der Waals surface area contributed by atoms with Crippen LogP contribution in [0.25, 0.3) is 0 Å². The summed E-state index contributed by atoms with van der Waals surface area (Å²) in [6, 6.07) is 3.87. The van der Waals surface area contributed by atoms with Gasteiger partial charge >= 0.3 is 0 Å². The lowest BCUT2D eigenvalue weighted by molar-refractivity contribution is -0.136. The van der Waals surface area contributed by atoms with Gasteiger partial charge in [0.25, 0.3) is 5.91 Å². The number of hydrogen-bond acceptors (Lipinski definition) is 2. The van der Waals surface area contributed by atoms with Gasteiger partial charge in [-0.25, -0.2) is 4.39 Å². The first kappa shape index (κ1) is 13.5. The maximum Gasteiger partial charge on any atom is 0.252 e. The lowest BCUT2D eigenvalue weighted by atomic mass is 9.96. The minimum atomic E-state index is -1.03. The van der Waals surface area contributed by atoms with Gasteiger partial charge in [0.1, 0.15) is 17.4 Å². The highest BCUT2D eigenvalue weighted by atomic mass is 19.1. The summed E-state index contributed by atoms with van der Waals surface area (Å²) in [7, 11) is 0. The summed E-state index contributed by atoms with van der Waals surface area (Å²) in [5, 5.41) is 2.64. The first-order valence-electron chi connectivity index (χ1n) is 6.16. The molecule has 0 bridgehead atoms. The lowest BCUT2D eigenvalue weighted by Crippen LogP contribution is -2.68. The molecule has 1 aromatic carbocycles. The molecule has 0 aliphatic carbocycles. The third-order valence-corrected chi connectivity index (χ3v) is 3.39. The number of aryl methyl sites for hydroxylation is 1. The fourth-order valence-corrected chi connectivity index (χ4v) is 2.28. The van der Waals surface area contributed by atoms with Gasteiger partial charge in [0.05, 0.1) is 5.69 Å². The second-order valence-electron chi connectivity index (χ2n) is 5.37. The van der Waals surface area contributed by atoms with Crippen LogP contribution in [-0.2, 0) is 9.59 Å².